The molecule has 1 aromatic rings. The minimum absolute atomic E-state index is 0.00829. The van der Waals surface area contributed by atoms with Crippen LogP contribution in [0.2, 0.25) is 0 Å². The lowest BCUT2D eigenvalue weighted by molar-refractivity contribution is -0.385. The molecule has 0 heterocycles. The summed E-state index contributed by atoms with van der Waals surface area (Å²) in [6.07, 6.45) is 0.0939. The van der Waals surface area contributed by atoms with Crippen LogP contribution in [0.4, 0.5) is 10.1 Å². The fourth-order valence-electron chi connectivity index (χ4n) is 1.33. The molecule has 0 aliphatic carbocycles. The number of benzene rings is 1. The van der Waals surface area contributed by atoms with E-state index < -0.39 is 16.8 Å². The quantitative estimate of drug-likeness (QED) is 0.617. The van der Waals surface area contributed by atoms with E-state index in [2.05, 4.69) is 0 Å². The second kappa shape index (κ2) is 4.84. The van der Waals surface area contributed by atoms with Crippen molar-refractivity contribution in [1.82, 2.24) is 0 Å². The highest BCUT2D eigenvalue weighted by Gasteiger charge is 2.16. The van der Waals surface area contributed by atoms with Crippen LogP contribution in [0.5, 0.6) is 0 Å². The maximum atomic E-state index is 13.2. The minimum atomic E-state index is -0.977. The number of non-ortho nitro benzene ring substituents is 1. The van der Waals surface area contributed by atoms with Crippen molar-refractivity contribution in [3.63, 3.8) is 0 Å². The van der Waals surface area contributed by atoms with Gasteiger partial charge in [-0.25, -0.2) is 4.39 Å². The van der Waals surface area contributed by atoms with Crippen LogP contribution in [0.15, 0.2) is 18.2 Å². The van der Waals surface area contributed by atoms with Gasteiger partial charge in [0.1, 0.15) is 5.82 Å². The molecule has 0 aliphatic rings. The first-order valence-electron chi connectivity index (χ1n) is 4.68. The van der Waals surface area contributed by atoms with Crippen LogP contribution in [-0.4, -0.2) is 10.0 Å². The number of nitrogens with zero attached hydrogens (tertiary/aromatic N) is 1. The van der Waals surface area contributed by atoms with Crippen molar-refractivity contribution in [3.8, 4) is 0 Å². The minimum Gasteiger partial charge on any atom is -0.388 e. The largest absolute Gasteiger partial charge is 0.388 e. The van der Waals surface area contributed by atoms with Crippen molar-refractivity contribution >= 4 is 5.69 Å². The third-order valence-electron chi connectivity index (χ3n) is 2.11. The maximum absolute atomic E-state index is 13.2. The molecule has 0 aromatic heterocycles. The second-order valence-corrected chi connectivity index (χ2v) is 3.27. The standard InChI is InChI=1S/C10H12FNO3/c1-2-3-10(13)8-6-7(12(14)15)4-5-9(8)11/h4-6,10,13H,2-3H2,1H3/t10-/m0/s1. The lowest BCUT2D eigenvalue weighted by Gasteiger charge is -2.09. The molecule has 1 aromatic carbocycles. The third-order valence-corrected chi connectivity index (χ3v) is 2.11. The van der Waals surface area contributed by atoms with Crippen LogP contribution in [0.3, 0.4) is 0 Å². The van der Waals surface area contributed by atoms with Gasteiger partial charge in [0.05, 0.1) is 11.0 Å². The summed E-state index contributed by atoms with van der Waals surface area (Å²) in [6.45, 7) is 1.85. The van der Waals surface area contributed by atoms with E-state index in [1.807, 2.05) is 6.92 Å². The summed E-state index contributed by atoms with van der Waals surface area (Å²) in [7, 11) is 0. The summed E-state index contributed by atoms with van der Waals surface area (Å²) in [4.78, 5) is 9.84. The molecule has 1 N–H and O–H groups in total. The van der Waals surface area contributed by atoms with E-state index >= 15 is 0 Å². The molecule has 4 nitrogen and oxygen atoms in total. The van der Waals surface area contributed by atoms with Gasteiger partial charge in [0.25, 0.3) is 5.69 Å². The molecule has 0 saturated heterocycles. The van der Waals surface area contributed by atoms with Crippen LogP contribution in [0, 0.1) is 15.9 Å². The predicted molar refractivity (Wildman–Crippen MR) is 52.9 cm³/mol. The number of aliphatic hydroxyl groups excluding tert-OH is 1. The Morgan fingerprint density at radius 1 is 1.60 bits per heavy atom. The van der Waals surface area contributed by atoms with Gasteiger partial charge in [-0.05, 0) is 12.5 Å². The van der Waals surface area contributed by atoms with Gasteiger partial charge in [-0.15, -0.1) is 0 Å². The summed E-state index contributed by atoms with van der Waals surface area (Å²) in [5.41, 5.74) is -0.215. The molecule has 82 valence electrons. The maximum Gasteiger partial charge on any atom is 0.270 e. The Morgan fingerprint density at radius 3 is 2.80 bits per heavy atom. The predicted octanol–water partition coefficient (Wildman–Crippen LogP) is 2.57. The molecule has 0 saturated carbocycles. The molecule has 0 radical (unpaired) electrons. The monoisotopic (exact) mass is 213 g/mol. The average Bonchev–Trinajstić information content (AvgIpc) is 2.18. The smallest absolute Gasteiger partial charge is 0.270 e. The number of nitro benzene ring substituents is 1. The van der Waals surface area contributed by atoms with Gasteiger partial charge in [-0.1, -0.05) is 13.3 Å². The molecule has 0 spiro atoms. The average molecular weight is 213 g/mol. The van der Waals surface area contributed by atoms with Crippen molar-refractivity contribution < 1.29 is 14.4 Å². The van der Waals surface area contributed by atoms with Crippen molar-refractivity contribution in [2.45, 2.75) is 25.9 Å². The number of hydrogen-bond donors (Lipinski definition) is 1. The van der Waals surface area contributed by atoms with Crippen molar-refractivity contribution in [2.24, 2.45) is 0 Å². The van der Waals surface area contributed by atoms with E-state index in [9.17, 15) is 19.6 Å². The van der Waals surface area contributed by atoms with Crippen molar-refractivity contribution in [3.05, 3.63) is 39.7 Å². The number of halogens is 1. The Kier molecular flexibility index (Phi) is 3.74. The zero-order valence-corrected chi connectivity index (χ0v) is 8.31. The highest BCUT2D eigenvalue weighted by molar-refractivity contribution is 5.36. The van der Waals surface area contributed by atoms with E-state index in [4.69, 9.17) is 0 Å². The first-order valence-corrected chi connectivity index (χ1v) is 4.68. The van der Waals surface area contributed by atoms with Gasteiger partial charge < -0.3 is 5.11 Å². The van der Waals surface area contributed by atoms with Gasteiger partial charge in [0.2, 0.25) is 0 Å². The Balaban J connectivity index is 3.04. The lowest BCUT2D eigenvalue weighted by atomic mass is 10.0. The van der Waals surface area contributed by atoms with Crippen LogP contribution in [0.25, 0.3) is 0 Å². The SMILES string of the molecule is CCC[C@H](O)c1cc([N+](=O)[O-])ccc1F. The Labute approximate surface area is 86.5 Å². The number of nitro groups is 1. The molecular weight excluding hydrogens is 201 g/mol. The molecular formula is C10H12FNO3. The van der Waals surface area contributed by atoms with Gasteiger partial charge in [-0.2, -0.15) is 0 Å². The molecule has 5 heteroatoms. The highest BCUT2D eigenvalue weighted by Crippen LogP contribution is 2.25. The van der Waals surface area contributed by atoms with Crippen molar-refractivity contribution in [1.29, 1.82) is 0 Å². The topological polar surface area (TPSA) is 63.4 Å². The molecule has 0 bridgehead atoms. The van der Waals surface area contributed by atoms with Gasteiger partial charge in [0, 0.05) is 17.7 Å². The van der Waals surface area contributed by atoms with Gasteiger partial charge in [-0.3, -0.25) is 10.1 Å². The number of aliphatic hydroxyl groups is 1. The zero-order chi connectivity index (χ0) is 11.4. The summed E-state index contributed by atoms with van der Waals surface area (Å²) in [5, 5.41) is 20.0. The van der Waals surface area contributed by atoms with Crippen molar-refractivity contribution in [2.75, 3.05) is 0 Å². The van der Waals surface area contributed by atoms with Gasteiger partial charge >= 0.3 is 0 Å². The van der Waals surface area contributed by atoms with Gasteiger partial charge in [0.15, 0.2) is 0 Å². The fraction of sp³-hybridized carbons (Fsp3) is 0.400. The van der Waals surface area contributed by atoms with E-state index in [0.29, 0.717) is 12.8 Å². The molecule has 0 aliphatic heterocycles. The Bertz CT molecular complexity index is 368. The summed E-state index contributed by atoms with van der Waals surface area (Å²) >= 11 is 0. The van der Waals surface area contributed by atoms with E-state index in [1.54, 1.807) is 0 Å². The Morgan fingerprint density at radius 2 is 2.27 bits per heavy atom. The fourth-order valence-corrected chi connectivity index (χ4v) is 1.33. The van der Waals surface area contributed by atoms with E-state index in [-0.39, 0.29) is 11.3 Å². The highest BCUT2D eigenvalue weighted by atomic mass is 19.1. The molecule has 1 rings (SSSR count). The van der Waals surface area contributed by atoms with Crippen LogP contribution < -0.4 is 0 Å². The van der Waals surface area contributed by atoms with E-state index in [0.717, 1.165) is 18.2 Å². The van der Waals surface area contributed by atoms with Crippen LogP contribution in [0.1, 0.15) is 31.4 Å². The number of hydrogen-bond acceptors (Lipinski definition) is 3. The lowest BCUT2D eigenvalue weighted by Crippen LogP contribution is -2.01. The summed E-state index contributed by atoms with van der Waals surface area (Å²) < 4.78 is 13.2. The third kappa shape index (κ3) is 2.73. The van der Waals surface area contributed by atoms with Crippen LogP contribution >= 0.6 is 0 Å². The first kappa shape index (κ1) is 11.6. The summed E-state index contributed by atoms with van der Waals surface area (Å²) in [5.74, 6) is -0.610. The normalized spacial score (nSPS) is 12.5. The molecule has 0 unspecified atom stereocenters. The first-order chi connectivity index (χ1) is 7.06. The van der Waals surface area contributed by atoms with E-state index in [1.165, 1.54) is 0 Å². The molecule has 0 fully saturated rings. The molecule has 15 heavy (non-hydrogen) atoms. The summed E-state index contributed by atoms with van der Waals surface area (Å²) in [6, 6.07) is 3.17. The van der Waals surface area contributed by atoms with Crippen LogP contribution in [-0.2, 0) is 0 Å². The zero-order valence-electron chi connectivity index (χ0n) is 8.31. The number of rotatable bonds is 4. The second-order valence-electron chi connectivity index (χ2n) is 3.27. The molecule has 0 amide bonds. The molecule has 1 atom stereocenters. The Hall–Kier alpha value is -1.49.